The molecule has 1 aromatic rings. The van der Waals surface area contributed by atoms with Crippen molar-refractivity contribution in [1.82, 2.24) is 10.2 Å². The molecule has 126 valence electrons. The molecule has 1 unspecified atom stereocenters. The molecule has 1 fully saturated rings. The average Bonchev–Trinajstić information content (AvgIpc) is 2.47. The number of anilines is 1. The van der Waals surface area contributed by atoms with E-state index in [0.717, 1.165) is 12.0 Å². The molecule has 1 aliphatic heterocycles. The van der Waals surface area contributed by atoms with Crippen LogP contribution in [0.4, 0.5) is 10.5 Å². The number of nitrogens with one attached hydrogen (secondary N) is 2. The van der Waals surface area contributed by atoms with E-state index in [1.54, 1.807) is 4.90 Å². The van der Waals surface area contributed by atoms with Gasteiger partial charge in [0.15, 0.2) is 0 Å². The summed E-state index contributed by atoms with van der Waals surface area (Å²) in [6.07, 6.45) is 0.786. The van der Waals surface area contributed by atoms with Gasteiger partial charge >= 0.3 is 6.03 Å². The van der Waals surface area contributed by atoms with Gasteiger partial charge in [-0.15, -0.1) is 0 Å². The fourth-order valence-electron chi connectivity index (χ4n) is 2.75. The molecule has 6 heteroatoms. The molecule has 0 radical (unpaired) electrons. The molecule has 0 bridgehead atoms. The molecule has 0 spiro atoms. The normalized spacial score (nSPS) is 20.0. The molecule has 1 heterocycles. The fourth-order valence-corrected chi connectivity index (χ4v) is 2.75. The molecule has 1 aromatic carbocycles. The Morgan fingerprint density at radius 1 is 1.39 bits per heavy atom. The van der Waals surface area contributed by atoms with Gasteiger partial charge < -0.3 is 21.3 Å². The van der Waals surface area contributed by atoms with Crippen molar-refractivity contribution in [1.29, 1.82) is 0 Å². The van der Waals surface area contributed by atoms with Crippen LogP contribution in [0.2, 0.25) is 0 Å². The lowest BCUT2D eigenvalue weighted by Gasteiger charge is -2.42. The van der Waals surface area contributed by atoms with E-state index in [1.165, 1.54) is 0 Å². The minimum atomic E-state index is -0.378. The molecule has 2 rings (SSSR count). The quantitative estimate of drug-likeness (QED) is 0.793. The summed E-state index contributed by atoms with van der Waals surface area (Å²) in [5, 5.41) is 5.34. The van der Waals surface area contributed by atoms with Crippen molar-refractivity contribution < 1.29 is 9.59 Å². The second-order valence-corrected chi connectivity index (χ2v) is 6.88. The van der Waals surface area contributed by atoms with Crippen LogP contribution in [0.15, 0.2) is 24.3 Å². The molecule has 1 aliphatic rings. The third-order valence-corrected chi connectivity index (χ3v) is 4.34. The molecule has 6 nitrogen and oxygen atoms in total. The van der Waals surface area contributed by atoms with Crippen LogP contribution in [-0.4, -0.2) is 42.5 Å². The number of hydrogen-bond donors (Lipinski definition) is 3. The number of urea groups is 1. The molecule has 0 aliphatic carbocycles. The number of carbonyl (C=O) groups is 2. The summed E-state index contributed by atoms with van der Waals surface area (Å²) in [6.45, 7) is 7.33. The van der Waals surface area contributed by atoms with Gasteiger partial charge in [-0.05, 0) is 36.5 Å². The van der Waals surface area contributed by atoms with Crippen LogP contribution in [0.25, 0.3) is 0 Å². The van der Waals surface area contributed by atoms with E-state index in [1.807, 2.05) is 31.2 Å². The number of hydrogen-bond acceptors (Lipinski definition) is 3. The monoisotopic (exact) mass is 318 g/mol. The highest BCUT2D eigenvalue weighted by atomic mass is 16.2. The maximum absolute atomic E-state index is 12.2. The first kappa shape index (κ1) is 17.3. The molecule has 1 atom stereocenters. The van der Waals surface area contributed by atoms with Gasteiger partial charge in [-0.1, -0.05) is 26.0 Å². The number of nitrogens with zero attached hydrogens (tertiary/aromatic N) is 1. The summed E-state index contributed by atoms with van der Waals surface area (Å²) in [6, 6.07) is 7.23. The summed E-state index contributed by atoms with van der Waals surface area (Å²) >= 11 is 0. The first-order chi connectivity index (χ1) is 10.8. The number of amides is 3. The number of likely N-dealkylation sites (tertiary alicyclic amines) is 1. The molecule has 0 aromatic heterocycles. The summed E-state index contributed by atoms with van der Waals surface area (Å²) < 4.78 is 0. The van der Waals surface area contributed by atoms with E-state index in [4.69, 9.17) is 5.73 Å². The molecule has 4 N–H and O–H groups in total. The van der Waals surface area contributed by atoms with E-state index in [0.29, 0.717) is 18.8 Å². The Morgan fingerprint density at radius 2 is 2.13 bits per heavy atom. The first-order valence-corrected chi connectivity index (χ1v) is 7.93. The van der Waals surface area contributed by atoms with Crippen molar-refractivity contribution in [2.45, 2.75) is 33.2 Å². The molecular weight excluding hydrogens is 292 g/mol. The molecule has 23 heavy (non-hydrogen) atoms. The highest BCUT2D eigenvalue weighted by Crippen LogP contribution is 2.27. The van der Waals surface area contributed by atoms with Gasteiger partial charge in [0.1, 0.15) is 0 Å². The maximum Gasteiger partial charge on any atom is 0.319 e. The molecule has 1 saturated heterocycles. The number of nitrogens with two attached hydrogens (primary N) is 1. The summed E-state index contributed by atoms with van der Waals surface area (Å²) in [5.41, 5.74) is 7.75. The van der Waals surface area contributed by atoms with Crippen molar-refractivity contribution in [3.63, 3.8) is 0 Å². The number of carbonyl (C=O) groups excluding carboxylic acids is 2. The van der Waals surface area contributed by atoms with E-state index in [-0.39, 0.29) is 29.9 Å². The largest absolute Gasteiger partial charge is 0.341 e. The summed E-state index contributed by atoms with van der Waals surface area (Å²) in [5.74, 6) is -0.0793. The standard InChI is InChI=1S/C17H26N4O2/c1-12-5-4-6-13(9-12)20-16(23)19-10-15(22)21-8-7-14(18)17(2,3)11-21/h4-6,9,14H,7-8,10-11,18H2,1-3H3,(H2,19,20,23). The first-order valence-electron chi connectivity index (χ1n) is 7.93. The second kappa shape index (κ2) is 7.00. The average molecular weight is 318 g/mol. The highest BCUT2D eigenvalue weighted by Gasteiger charge is 2.35. The van der Waals surface area contributed by atoms with Gasteiger partial charge in [-0.25, -0.2) is 4.79 Å². The number of rotatable bonds is 3. The Labute approximate surface area is 137 Å². The van der Waals surface area contributed by atoms with Crippen molar-refractivity contribution in [2.75, 3.05) is 25.0 Å². The van der Waals surface area contributed by atoms with Crippen molar-refractivity contribution in [2.24, 2.45) is 11.1 Å². The van der Waals surface area contributed by atoms with Gasteiger partial charge in [-0.3, -0.25) is 4.79 Å². The lowest BCUT2D eigenvalue weighted by molar-refractivity contribution is -0.133. The van der Waals surface area contributed by atoms with Crippen LogP contribution < -0.4 is 16.4 Å². The fraction of sp³-hybridized carbons (Fsp3) is 0.529. The smallest absolute Gasteiger partial charge is 0.319 e. The van der Waals surface area contributed by atoms with Gasteiger partial charge in [0.05, 0.1) is 6.54 Å². The van der Waals surface area contributed by atoms with Crippen LogP contribution >= 0.6 is 0 Å². The minimum absolute atomic E-state index is 0.0109. The zero-order chi connectivity index (χ0) is 17.0. The number of benzene rings is 1. The zero-order valence-electron chi connectivity index (χ0n) is 14.1. The summed E-state index contributed by atoms with van der Waals surface area (Å²) in [4.78, 5) is 25.9. The van der Waals surface area contributed by atoms with E-state index < -0.39 is 0 Å². The van der Waals surface area contributed by atoms with E-state index in [2.05, 4.69) is 24.5 Å². The zero-order valence-corrected chi connectivity index (χ0v) is 14.1. The van der Waals surface area contributed by atoms with Crippen molar-refractivity contribution in [3.05, 3.63) is 29.8 Å². The van der Waals surface area contributed by atoms with Crippen LogP contribution in [0.3, 0.4) is 0 Å². The van der Waals surface area contributed by atoms with Crippen LogP contribution in [0, 0.1) is 12.3 Å². The Morgan fingerprint density at radius 3 is 2.78 bits per heavy atom. The third-order valence-electron chi connectivity index (χ3n) is 4.34. The predicted octanol–water partition coefficient (Wildman–Crippen LogP) is 1.70. The molecule has 0 saturated carbocycles. The Bertz CT molecular complexity index is 586. The predicted molar refractivity (Wildman–Crippen MR) is 91.2 cm³/mol. The Hall–Kier alpha value is -2.08. The second-order valence-electron chi connectivity index (χ2n) is 6.88. The lowest BCUT2D eigenvalue weighted by atomic mass is 9.80. The molecule has 3 amide bonds. The Balaban J connectivity index is 1.81. The number of aryl methyl sites for hydroxylation is 1. The maximum atomic E-state index is 12.2. The van der Waals surface area contributed by atoms with E-state index >= 15 is 0 Å². The summed E-state index contributed by atoms with van der Waals surface area (Å²) in [7, 11) is 0. The minimum Gasteiger partial charge on any atom is -0.341 e. The molecular formula is C17H26N4O2. The topological polar surface area (TPSA) is 87.5 Å². The van der Waals surface area contributed by atoms with E-state index in [9.17, 15) is 9.59 Å². The van der Waals surface area contributed by atoms with Crippen molar-refractivity contribution in [3.8, 4) is 0 Å². The van der Waals surface area contributed by atoms with Crippen LogP contribution in [0.5, 0.6) is 0 Å². The SMILES string of the molecule is Cc1cccc(NC(=O)NCC(=O)N2CCC(N)C(C)(C)C2)c1. The van der Waals surface area contributed by atoms with Gasteiger partial charge in [0, 0.05) is 24.8 Å². The lowest BCUT2D eigenvalue weighted by Crippen LogP contribution is -2.55. The van der Waals surface area contributed by atoms with Crippen LogP contribution in [0.1, 0.15) is 25.8 Å². The van der Waals surface area contributed by atoms with Gasteiger partial charge in [0.2, 0.25) is 5.91 Å². The van der Waals surface area contributed by atoms with Gasteiger partial charge in [0.25, 0.3) is 0 Å². The van der Waals surface area contributed by atoms with Crippen molar-refractivity contribution >= 4 is 17.6 Å². The van der Waals surface area contributed by atoms with Crippen LogP contribution in [-0.2, 0) is 4.79 Å². The Kier molecular flexibility index (Phi) is 5.26. The third kappa shape index (κ3) is 4.69. The highest BCUT2D eigenvalue weighted by molar-refractivity contribution is 5.92. The van der Waals surface area contributed by atoms with Gasteiger partial charge in [-0.2, -0.15) is 0 Å². The number of piperidine rings is 1.